The Balaban J connectivity index is 3.14. The summed E-state index contributed by atoms with van der Waals surface area (Å²) < 4.78 is 79.7. The molecule has 0 spiro atoms. The molecule has 9 heteroatoms. The molecule has 1 aliphatic rings. The Morgan fingerprint density at radius 3 is 1.94 bits per heavy atom. The zero-order valence-corrected chi connectivity index (χ0v) is 9.61. The molecule has 0 aliphatic carbocycles. The van der Waals surface area contributed by atoms with Crippen molar-refractivity contribution in [2.24, 2.45) is 5.41 Å². The summed E-state index contributed by atoms with van der Waals surface area (Å²) in [5.74, 6) is 0. The minimum atomic E-state index is -5.72. The number of nitrogens with one attached hydrogen (secondary N) is 1. The van der Waals surface area contributed by atoms with Gasteiger partial charge in [0.25, 0.3) is 0 Å². The van der Waals surface area contributed by atoms with E-state index in [1.165, 1.54) is 13.8 Å². The zero-order chi connectivity index (χ0) is 14.4. The second-order valence-corrected chi connectivity index (χ2v) is 4.52. The predicted molar refractivity (Wildman–Crippen MR) is 48.3 cm³/mol. The summed E-state index contributed by atoms with van der Waals surface area (Å²) in [6.07, 6.45) is -13.3. The fourth-order valence-corrected chi connectivity index (χ4v) is 1.54. The molecule has 18 heavy (non-hydrogen) atoms. The fourth-order valence-electron chi connectivity index (χ4n) is 1.54. The van der Waals surface area contributed by atoms with E-state index in [2.05, 4.69) is 4.74 Å². The van der Waals surface area contributed by atoms with Crippen LogP contribution >= 0.6 is 0 Å². The molecule has 2 unspecified atom stereocenters. The molecule has 0 saturated carbocycles. The van der Waals surface area contributed by atoms with E-state index in [9.17, 15) is 31.4 Å². The van der Waals surface area contributed by atoms with Crippen LogP contribution in [0.5, 0.6) is 0 Å². The normalized spacial score (nSPS) is 33.5. The third-order valence-electron chi connectivity index (χ3n) is 3.22. The van der Waals surface area contributed by atoms with Gasteiger partial charge in [-0.15, -0.1) is 0 Å². The van der Waals surface area contributed by atoms with Crippen LogP contribution in [-0.4, -0.2) is 36.0 Å². The summed E-state index contributed by atoms with van der Waals surface area (Å²) in [7, 11) is 0. The average molecular weight is 281 g/mol. The molecule has 108 valence electrons. The van der Waals surface area contributed by atoms with E-state index in [1.54, 1.807) is 0 Å². The maximum absolute atomic E-state index is 12.6. The van der Waals surface area contributed by atoms with Crippen LogP contribution in [0.15, 0.2) is 0 Å². The smallest absolute Gasteiger partial charge is 0.378 e. The first-order valence-electron chi connectivity index (χ1n) is 5.13. The van der Waals surface area contributed by atoms with Gasteiger partial charge in [0.1, 0.15) is 6.23 Å². The van der Waals surface area contributed by atoms with Crippen LogP contribution in [0.25, 0.3) is 0 Å². The summed E-state index contributed by atoms with van der Waals surface area (Å²) in [6.45, 7) is 2.01. The molecule has 0 aromatic carbocycles. The summed E-state index contributed by atoms with van der Waals surface area (Å²) in [6, 6.07) is 0. The summed E-state index contributed by atoms with van der Waals surface area (Å²) in [5, 5.41) is 10.6. The standard InChI is InChI=1S/C9H13F6NO2/c1-3-6(2)4-18-7(8(10,11)12,9(13,14)15)16-5(6)17/h5,16-17H,3-4H2,1-2H3. The topological polar surface area (TPSA) is 41.5 Å². The fraction of sp³-hybridized carbons (Fsp3) is 1.00. The monoisotopic (exact) mass is 281 g/mol. The predicted octanol–water partition coefficient (Wildman–Crippen LogP) is 2.16. The van der Waals surface area contributed by atoms with E-state index in [4.69, 9.17) is 0 Å². The van der Waals surface area contributed by atoms with Crippen LogP contribution in [0.4, 0.5) is 26.3 Å². The number of ether oxygens (including phenoxy) is 1. The van der Waals surface area contributed by atoms with Crippen molar-refractivity contribution in [3.8, 4) is 0 Å². The van der Waals surface area contributed by atoms with Crippen molar-refractivity contribution in [3.63, 3.8) is 0 Å². The van der Waals surface area contributed by atoms with Crippen molar-refractivity contribution in [1.82, 2.24) is 5.32 Å². The first-order chi connectivity index (χ1) is 7.90. The van der Waals surface area contributed by atoms with Gasteiger partial charge in [-0.1, -0.05) is 13.8 Å². The highest BCUT2D eigenvalue weighted by Crippen LogP contribution is 2.48. The number of hydrogen-bond donors (Lipinski definition) is 2. The van der Waals surface area contributed by atoms with Gasteiger partial charge in [-0.05, 0) is 6.42 Å². The molecule has 1 fully saturated rings. The molecule has 0 radical (unpaired) electrons. The first kappa shape index (κ1) is 15.5. The van der Waals surface area contributed by atoms with Crippen LogP contribution in [-0.2, 0) is 4.74 Å². The molecular weight excluding hydrogens is 268 g/mol. The van der Waals surface area contributed by atoms with Gasteiger partial charge in [-0.3, -0.25) is 0 Å². The Bertz CT molecular complexity index is 301. The third kappa shape index (κ3) is 2.19. The van der Waals surface area contributed by atoms with E-state index in [0.29, 0.717) is 0 Å². The van der Waals surface area contributed by atoms with Crippen molar-refractivity contribution in [2.45, 2.75) is 44.6 Å². The van der Waals surface area contributed by atoms with Crippen LogP contribution in [0.2, 0.25) is 0 Å². The molecule has 3 nitrogen and oxygen atoms in total. The van der Waals surface area contributed by atoms with Gasteiger partial charge in [0.05, 0.1) is 6.61 Å². The van der Waals surface area contributed by atoms with Crippen LogP contribution < -0.4 is 5.32 Å². The lowest BCUT2D eigenvalue weighted by Gasteiger charge is -2.49. The Hall–Kier alpha value is -0.540. The molecule has 2 atom stereocenters. The number of rotatable bonds is 1. The van der Waals surface area contributed by atoms with Gasteiger partial charge in [0.15, 0.2) is 0 Å². The van der Waals surface area contributed by atoms with Crippen molar-refractivity contribution >= 4 is 0 Å². The lowest BCUT2D eigenvalue weighted by molar-refractivity contribution is -0.420. The maximum Gasteiger partial charge on any atom is 0.440 e. The average Bonchev–Trinajstić information content (AvgIpc) is 2.18. The Kier molecular flexibility index (Phi) is 3.66. The largest absolute Gasteiger partial charge is 0.440 e. The van der Waals surface area contributed by atoms with Crippen LogP contribution in [0, 0.1) is 5.41 Å². The number of hydrogen-bond acceptors (Lipinski definition) is 3. The quantitative estimate of drug-likeness (QED) is 0.724. The molecule has 0 bridgehead atoms. The van der Waals surface area contributed by atoms with Crippen molar-refractivity contribution in [1.29, 1.82) is 0 Å². The number of alkyl halides is 6. The van der Waals surface area contributed by atoms with Crippen LogP contribution in [0.3, 0.4) is 0 Å². The van der Waals surface area contributed by atoms with Gasteiger partial charge in [-0.2, -0.15) is 26.3 Å². The first-order valence-corrected chi connectivity index (χ1v) is 5.13. The summed E-state index contributed by atoms with van der Waals surface area (Å²) >= 11 is 0. The molecule has 0 aromatic heterocycles. The molecule has 1 heterocycles. The van der Waals surface area contributed by atoms with Gasteiger partial charge in [-0.25, -0.2) is 5.32 Å². The summed E-state index contributed by atoms with van der Waals surface area (Å²) in [5.41, 5.74) is -5.73. The number of aliphatic hydroxyl groups excluding tert-OH is 1. The van der Waals surface area contributed by atoms with E-state index < -0.39 is 36.3 Å². The van der Waals surface area contributed by atoms with E-state index in [0.717, 1.165) is 5.32 Å². The summed E-state index contributed by atoms with van der Waals surface area (Å²) in [4.78, 5) is 0. The molecule has 0 amide bonds. The SMILES string of the molecule is CCC1(C)COC(C(F)(F)F)(C(F)(F)F)NC1O. The molecule has 1 rings (SSSR count). The Morgan fingerprint density at radius 2 is 1.67 bits per heavy atom. The van der Waals surface area contributed by atoms with E-state index in [1.807, 2.05) is 0 Å². The van der Waals surface area contributed by atoms with Crippen LogP contribution in [0.1, 0.15) is 20.3 Å². The highest BCUT2D eigenvalue weighted by molar-refractivity contribution is 5.00. The highest BCUT2D eigenvalue weighted by Gasteiger charge is 2.75. The minimum absolute atomic E-state index is 0.160. The Morgan fingerprint density at radius 1 is 1.22 bits per heavy atom. The number of halogens is 6. The lowest BCUT2D eigenvalue weighted by Crippen LogP contribution is -2.75. The lowest BCUT2D eigenvalue weighted by atomic mass is 9.84. The highest BCUT2D eigenvalue weighted by atomic mass is 19.4. The minimum Gasteiger partial charge on any atom is -0.378 e. The molecular formula is C9H13F6NO2. The van der Waals surface area contributed by atoms with Crippen molar-refractivity contribution in [3.05, 3.63) is 0 Å². The molecule has 0 aromatic rings. The van der Waals surface area contributed by atoms with Gasteiger partial charge in [0, 0.05) is 5.41 Å². The molecule has 2 N–H and O–H groups in total. The van der Waals surface area contributed by atoms with Gasteiger partial charge in [0.2, 0.25) is 0 Å². The van der Waals surface area contributed by atoms with Gasteiger partial charge < -0.3 is 9.84 Å². The van der Waals surface area contributed by atoms with Crippen molar-refractivity contribution < 1.29 is 36.2 Å². The van der Waals surface area contributed by atoms with Crippen molar-refractivity contribution in [2.75, 3.05) is 6.61 Å². The van der Waals surface area contributed by atoms with E-state index in [-0.39, 0.29) is 6.42 Å². The van der Waals surface area contributed by atoms with Gasteiger partial charge >= 0.3 is 18.1 Å². The number of aliphatic hydroxyl groups is 1. The Labute approximate surface area is 99.1 Å². The second kappa shape index (κ2) is 4.24. The maximum atomic E-state index is 12.6. The molecule has 1 aliphatic heterocycles. The third-order valence-corrected chi connectivity index (χ3v) is 3.22. The second-order valence-electron chi connectivity index (χ2n) is 4.52. The molecule has 1 saturated heterocycles. The zero-order valence-electron chi connectivity index (χ0n) is 9.61. The van der Waals surface area contributed by atoms with E-state index >= 15 is 0 Å².